The molecule has 0 aromatic carbocycles. The zero-order chi connectivity index (χ0) is 17.6. The molecule has 3 N–H and O–H groups in total. The summed E-state index contributed by atoms with van der Waals surface area (Å²) in [6.07, 6.45) is 1.03. The number of hydrogen-bond acceptors (Lipinski definition) is 6. The Morgan fingerprint density at radius 2 is 2.09 bits per heavy atom. The van der Waals surface area contributed by atoms with Crippen LogP contribution in [0.3, 0.4) is 0 Å². The first-order valence-electron chi connectivity index (χ1n) is 7.08. The number of rotatable bonds is 6. The van der Waals surface area contributed by atoms with Gasteiger partial charge < -0.3 is 14.9 Å². The van der Waals surface area contributed by atoms with E-state index in [-0.39, 0.29) is 24.6 Å². The number of nitrogens with one attached hydrogen (secondary N) is 1. The van der Waals surface area contributed by atoms with Crippen LogP contribution in [0.15, 0.2) is 12.3 Å². The summed E-state index contributed by atoms with van der Waals surface area (Å²) in [5.41, 5.74) is 0.381. The molecule has 23 heavy (non-hydrogen) atoms. The number of nitrogens with zero attached hydrogens (tertiary/aromatic N) is 1. The highest BCUT2D eigenvalue weighted by Gasteiger charge is 2.19. The molecule has 1 atom stereocenters. The summed E-state index contributed by atoms with van der Waals surface area (Å²) in [6, 6.07) is 1.61. The summed E-state index contributed by atoms with van der Waals surface area (Å²) in [5, 5.41) is 20.9. The van der Waals surface area contributed by atoms with Crippen LogP contribution >= 0.6 is 12.6 Å². The molecule has 1 heterocycles. The molecular formula is C15H22N2O5S. The Hall–Kier alpha value is -1.80. The lowest BCUT2D eigenvalue weighted by atomic mass is 10.0. The standard InChI is InChI=1S/C15H22N2O5S/c1-15(2,3)22-14(21)17-12-10(7-18)4-9(6-16-12)5-11(8-23)13(19)20/h4,6,11,18,23H,5,7-8H2,1-3H3,(H,19,20)(H,16,17,21). The van der Waals surface area contributed by atoms with Crippen LogP contribution in [0, 0.1) is 5.92 Å². The van der Waals surface area contributed by atoms with Crippen molar-refractivity contribution in [2.75, 3.05) is 11.1 Å². The van der Waals surface area contributed by atoms with Gasteiger partial charge in [0, 0.05) is 17.5 Å². The number of amides is 1. The highest BCUT2D eigenvalue weighted by molar-refractivity contribution is 7.80. The maximum Gasteiger partial charge on any atom is 0.413 e. The van der Waals surface area contributed by atoms with E-state index in [1.807, 2.05) is 0 Å². The van der Waals surface area contributed by atoms with Crippen LogP contribution in [0.25, 0.3) is 0 Å². The van der Waals surface area contributed by atoms with E-state index in [2.05, 4.69) is 22.9 Å². The third kappa shape index (κ3) is 6.45. The number of carbonyl (C=O) groups excluding carboxylic acids is 1. The number of pyridine rings is 1. The van der Waals surface area contributed by atoms with Gasteiger partial charge in [0.15, 0.2) is 0 Å². The van der Waals surface area contributed by atoms with Gasteiger partial charge in [0.25, 0.3) is 0 Å². The molecule has 0 aliphatic carbocycles. The number of carboxylic acid groups (broad SMARTS) is 1. The molecule has 7 nitrogen and oxygen atoms in total. The number of thiol groups is 1. The maximum absolute atomic E-state index is 11.8. The number of aromatic nitrogens is 1. The minimum atomic E-state index is -0.943. The van der Waals surface area contributed by atoms with E-state index < -0.39 is 23.6 Å². The van der Waals surface area contributed by atoms with Gasteiger partial charge in [-0.25, -0.2) is 9.78 Å². The van der Waals surface area contributed by atoms with Crippen LogP contribution in [0.2, 0.25) is 0 Å². The summed E-state index contributed by atoms with van der Waals surface area (Å²) in [6.45, 7) is 4.86. The fraction of sp³-hybridized carbons (Fsp3) is 0.533. The molecule has 0 spiro atoms. The lowest BCUT2D eigenvalue weighted by Crippen LogP contribution is -2.28. The molecule has 1 aromatic rings. The van der Waals surface area contributed by atoms with Crippen LogP contribution in [0.4, 0.5) is 10.6 Å². The van der Waals surface area contributed by atoms with Gasteiger partial charge in [0.05, 0.1) is 12.5 Å². The minimum Gasteiger partial charge on any atom is -0.481 e. The van der Waals surface area contributed by atoms with E-state index in [1.54, 1.807) is 26.8 Å². The number of hydrogen-bond donors (Lipinski definition) is 4. The Labute approximate surface area is 140 Å². The zero-order valence-corrected chi connectivity index (χ0v) is 14.3. The van der Waals surface area contributed by atoms with Gasteiger partial charge >= 0.3 is 12.1 Å². The average Bonchev–Trinajstić information content (AvgIpc) is 2.43. The van der Waals surface area contributed by atoms with Crippen molar-refractivity contribution in [3.8, 4) is 0 Å². The number of ether oxygens (including phenoxy) is 1. The van der Waals surface area contributed by atoms with Crippen LogP contribution in [0.5, 0.6) is 0 Å². The monoisotopic (exact) mass is 342 g/mol. The van der Waals surface area contributed by atoms with Crippen LogP contribution in [-0.4, -0.2) is 38.6 Å². The van der Waals surface area contributed by atoms with Gasteiger partial charge in [0.1, 0.15) is 11.4 Å². The molecule has 0 saturated carbocycles. The number of carboxylic acids is 1. The third-order valence-corrected chi connectivity index (χ3v) is 3.31. The highest BCUT2D eigenvalue weighted by atomic mass is 32.1. The number of aliphatic carboxylic acids is 1. The Morgan fingerprint density at radius 1 is 1.43 bits per heavy atom. The van der Waals surface area contributed by atoms with Crippen molar-refractivity contribution in [3.63, 3.8) is 0 Å². The number of aliphatic hydroxyl groups is 1. The van der Waals surface area contributed by atoms with Crippen LogP contribution < -0.4 is 5.32 Å². The fourth-order valence-electron chi connectivity index (χ4n) is 1.82. The van der Waals surface area contributed by atoms with Crippen LogP contribution in [0.1, 0.15) is 31.9 Å². The summed E-state index contributed by atoms with van der Waals surface area (Å²) in [5.74, 6) is -1.21. The first-order chi connectivity index (χ1) is 10.7. The predicted octanol–water partition coefficient (Wildman–Crippen LogP) is 2.09. The van der Waals surface area contributed by atoms with E-state index in [0.717, 1.165) is 0 Å². The van der Waals surface area contributed by atoms with E-state index >= 15 is 0 Å². The second-order valence-electron chi connectivity index (χ2n) is 6.06. The van der Waals surface area contributed by atoms with E-state index in [9.17, 15) is 14.7 Å². The fourth-order valence-corrected chi connectivity index (χ4v) is 2.10. The molecule has 1 amide bonds. The van der Waals surface area contributed by atoms with E-state index in [1.165, 1.54) is 6.20 Å². The molecule has 0 aliphatic heterocycles. The largest absolute Gasteiger partial charge is 0.481 e. The Balaban J connectivity index is 2.88. The quantitative estimate of drug-likeness (QED) is 0.590. The zero-order valence-electron chi connectivity index (χ0n) is 13.4. The lowest BCUT2D eigenvalue weighted by Gasteiger charge is -2.20. The SMILES string of the molecule is CC(C)(C)OC(=O)Nc1ncc(CC(CS)C(=O)O)cc1CO. The van der Waals surface area contributed by atoms with Gasteiger partial charge in [-0.3, -0.25) is 10.1 Å². The van der Waals surface area contributed by atoms with Crippen molar-refractivity contribution in [3.05, 3.63) is 23.4 Å². The molecule has 0 aliphatic rings. The molecular weight excluding hydrogens is 320 g/mol. The molecule has 1 aromatic heterocycles. The van der Waals surface area contributed by atoms with Crippen molar-refractivity contribution < 1.29 is 24.5 Å². The summed E-state index contributed by atoms with van der Waals surface area (Å²) in [4.78, 5) is 26.9. The maximum atomic E-state index is 11.8. The smallest absolute Gasteiger partial charge is 0.413 e. The number of anilines is 1. The number of aliphatic hydroxyl groups excluding tert-OH is 1. The molecule has 0 fully saturated rings. The van der Waals surface area contributed by atoms with Gasteiger partial charge in [-0.2, -0.15) is 12.6 Å². The Bertz CT molecular complexity index is 571. The van der Waals surface area contributed by atoms with E-state index in [4.69, 9.17) is 9.84 Å². The molecule has 1 unspecified atom stereocenters. The van der Waals surface area contributed by atoms with Gasteiger partial charge in [-0.05, 0) is 38.8 Å². The van der Waals surface area contributed by atoms with Gasteiger partial charge in [0.2, 0.25) is 0 Å². The average molecular weight is 342 g/mol. The van der Waals surface area contributed by atoms with Crippen molar-refractivity contribution >= 4 is 30.5 Å². The molecule has 8 heteroatoms. The first-order valence-corrected chi connectivity index (χ1v) is 7.72. The Kier molecular flexibility index (Phi) is 6.83. The molecule has 0 bridgehead atoms. The highest BCUT2D eigenvalue weighted by Crippen LogP contribution is 2.19. The van der Waals surface area contributed by atoms with Crippen molar-refractivity contribution in [1.29, 1.82) is 0 Å². The molecule has 0 radical (unpaired) electrons. The van der Waals surface area contributed by atoms with Gasteiger partial charge in [-0.15, -0.1) is 0 Å². The normalized spacial score (nSPS) is 12.6. The lowest BCUT2D eigenvalue weighted by molar-refractivity contribution is -0.140. The van der Waals surface area contributed by atoms with Crippen molar-refractivity contribution in [2.45, 2.75) is 39.4 Å². The predicted molar refractivity (Wildman–Crippen MR) is 88.7 cm³/mol. The second-order valence-corrected chi connectivity index (χ2v) is 6.42. The van der Waals surface area contributed by atoms with Crippen LogP contribution in [-0.2, 0) is 22.6 Å². The van der Waals surface area contributed by atoms with Crippen molar-refractivity contribution in [1.82, 2.24) is 4.98 Å². The third-order valence-electron chi connectivity index (χ3n) is 2.86. The summed E-state index contributed by atoms with van der Waals surface area (Å²) < 4.78 is 5.13. The molecule has 128 valence electrons. The molecule has 1 rings (SSSR count). The summed E-state index contributed by atoms with van der Waals surface area (Å²) in [7, 11) is 0. The first kappa shape index (κ1) is 19.2. The van der Waals surface area contributed by atoms with Crippen molar-refractivity contribution in [2.24, 2.45) is 5.92 Å². The summed E-state index contributed by atoms with van der Waals surface area (Å²) >= 11 is 4.01. The molecule has 0 saturated heterocycles. The van der Waals surface area contributed by atoms with Gasteiger partial charge in [-0.1, -0.05) is 0 Å². The Morgan fingerprint density at radius 3 is 2.57 bits per heavy atom. The topological polar surface area (TPSA) is 109 Å². The number of carbonyl (C=O) groups is 2. The second kappa shape index (κ2) is 8.16. The van der Waals surface area contributed by atoms with E-state index in [0.29, 0.717) is 11.1 Å². The minimum absolute atomic E-state index is 0.184.